The number of aryl methyl sites for hydroxylation is 2. The minimum absolute atomic E-state index is 0.00730. The second-order valence-electron chi connectivity index (χ2n) is 6.67. The Balaban J connectivity index is 2.06. The smallest absolute Gasteiger partial charge is 0.255 e. The Bertz CT molecular complexity index is 814. The summed E-state index contributed by atoms with van der Waals surface area (Å²) in [7, 11) is 3.47. The molecule has 126 valence electrons. The number of aromatic nitrogens is 1. The molecule has 1 fully saturated rings. The summed E-state index contributed by atoms with van der Waals surface area (Å²) in [6, 6.07) is 7.34. The minimum atomic E-state index is -0.360. The van der Waals surface area contributed by atoms with E-state index < -0.39 is 0 Å². The number of benzene rings is 1. The minimum Gasteiger partial charge on any atom is -0.347 e. The zero-order valence-corrected chi connectivity index (χ0v) is 14.7. The first-order valence-corrected chi connectivity index (χ1v) is 8.29. The first-order valence-electron chi connectivity index (χ1n) is 8.29. The van der Waals surface area contributed by atoms with E-state index in [-0.39, 0.29) is 17.9 Å². The first kappa shape index (κ1) is 16.4. The van der Waals surface area contributed by atoms with Crippen molar-refractivity contribution in [3.05, 3.63) is 41.1 Å². The molecule has 2 aromatic rings. The van der Waals surface area contributed by atoms with Gasteiger partial charge in [0.1, 0.15) is 6.04 Å². The molecule has 2 heterocycles. The number of pyridine rings is 1. The lowest BCUT2D eigenvalue weighted by Gasteiger charge is -2.26. The number of likely N-dealkylation sites (N-methyl/N-ethyl adjacent to an activating group) is 1. The molecular weight excluding hydrogens is 302 g/mol. The van der Waals surface area contributed by atoms with Gasteiger partial charge in [-0.25, -0.2) is 0 Å². The van der Waals surface area contributed by atoms with Gasteiger partial charge >= 0.3 is 0 Å². The summed E-state index contributed by atoms with van der Waals surface area (Å²) in [4.78, 5) is 33.5. The highest BCUT2D eigenvalue weighted by Gasteiger charge is 2.35. The Labute approximate surface area is 142 Å². The molecule has 0 radical (unpaired) electrons. The summed E-state index contributed by atoms with van der Waals surface area (Å²) in [6.07, 6.45) is 1.58. The summed E-state index contributed by atoms with van der Waals surface area (Å²) < 4.78 is 0. The van der Waals surface area contributed by atoms with Gasteiger partial charge in [-0.3, -0.25) is 14.6 Å². The summed E-state index contributed by atoms with van der Waals surface area (Å²) in [5, 5.41) is 0.855. The van der Waals surface area contributed by atoms with Gasteiger partial charge in [0, 0.05) is 31.7 Å². The number of rotatable bonds is 2. The van der Waals surface area contributed by atoms with Gasteiger partial charge < -0.3 is 9.80 Å². The highest BCUT2D eigenvalue weighted by Crippen LogP contribution is 2.26. The number of likely N-dealkylation sites (tertiary alicyclic amines) is 1. The van der Waals surface area contributed by atoms with Crippen LogP contribution in [-0.4, -0.2) is 53.3 Å². The Hall–Kier alpha value is -2.43. The van der Waals surface area contributed by atoms with Gasteiger partial charge in [-0.15, -0.1) is 0 Å². The van der Waals surface area contributed by atoms with Crippen molar-refractivity contribution in [3.63, 3.8) is 0 Å². The van der Waals surface area contributed by atoms with E-state index in [1.807, 2.05) is 38.1 Å². The maximum Gasteiger partial charge on any atom is 0.255 e. The van der Waals surface area contributed by atoms with Gasteiger partial charge in [0.05, 0.1) is 11.1 Å². The van der Waals surface area contributed by atoms with Crippen molar-refractivity contribution < 1.29 is 9.59 Å². The zero-order chi connectivity index (χ0) is 17.4. The normalized spacial score (nSPS) is 17.3. The molecule has 0 aliphatic carbocycles. The van der Waals surface area contributed by atoms with Crippen LogP contribution < -0.4 is 0 Å². The van der Waals surface area contributed by atoms with Crippen LogP contribution in [0.25, 0.3) is 10.9 Å². The number of hydrogen-bond acceptors (Lipinski definition) is 3. The summed E-state index contributed by atoms with van der Waals surface area (Å²) in [5.74, 6) is -0.0825. The fraction of sp³-hybridized carbons (Fsp3) is 0.421. The predicted octanol–water partition coefficient (Wildman–Crippen LogP) is 2.54. The molecule has 3 rings (SSSR count). The standard InChI is InChI=1S/C19H23N3O2/c1-12-7-5-8-14-15(11-13(2)20-17(12)14)18(23)22-10-6-9-16(22)19(24)21(3)4/h5,7-8,11,16H,6,9-10H2,1-4H3/t16-/m0/s1. The molecule has 5 heteroatoms. The number of nitrogens with zero attached hydrogens (tertiary/aromatic N) is 3. The Kier molecular flexibility index (Phi) is 4.26. The number of hydrogen-bond donors (Lipinski definition) is 0. The Morgan fingerprint density at radius 3 is 2.71 bits per heavy atom. The molecule has 0 bridgehead atoms. The molecule has 0 N–H and O–H groups in total. The fourth-order valence-corrected chi connectivity index (χ4v) is 3.42. The highest BCUT2D eigenvalue weighted by atomic mass is 16.2. The van der Waals surface area contributed by atoms with Crippen molar-refractivity contribution in [2.24, 2.45) is 0 Å². The number of para-hydroxylation sites is 1. The van der Waals surface area contributed by atoms with E-state index in [0.29, 0.717) is 12.1 Å². The lowest BCUT2D eigenvalue weighted by molar-refractivity contribution is -0.132. The molecule has 1 aromatic heterocycles. The van der Waals surface area contributed by atoms with Gasteiger partial charge in [0.25, 0.3) is 5.91 Å². The molecule has 1 aromatic carbocycles. The average molecular weight is 325 g/mol. The summed E-state index contributed by atoms with van der Waals surface area (Å²) >= 11 is 0. The molecular formula is C19H23N3O2. The van der Waals surface area contributed by atoms with Crippen molar-refractivity contribution in [2.75, 3.05) is 20.6 Å². The molecule has 1 atom stereocenters. The molecule has 1 aliphatic rings. The summed E-state index contributed by atoms with van der Waals surface area (Å²) in [6.45, 7) is 4.52. The second kappa shape index (κ2) is 6.23. The van der Waals surface area contributed by atoms with E-state index in [1.54, 1.807) is 23.9 Å². The van der Waals surface area contributed by atoms with Crippen LogP contribution in [0.5, 0.6) is 0 Å². The summed E-state index contributed by atoms with van der Waals surface area (Å²) in [5.41, 5.74) is 3.36. The van der Waals surface area contributed by atoms with Gasteiger partial charge in [0.15, 0.2) is 0 Å². The van der Waals surface area contributed by atoms with Crippen LogP contribution in [0, 0.1) is 13.8 Å². The Morgan fingerprint density at radius 1 is 1.25 bits per heavy atom. The molecule has 1 saturated heterocycles. The SMILES string of the molecule is Cc1cc(C(=O)N2CCC[C@H]2C(=O)N(C)C)c2cccc(C)c2n1. The van der Waals surface area contributed by atoms with Crippen LogP contribution >= 0.6 is 0 Å². The van der Waals surface area contributed by atoms with E-state index in [2.05, 4.69) is 4.98 Å². The van der Waals surface area contributed by atoms with Crippen molar-refractivity contribution in [3.8, 4) is 0 Å². The van der Waals surface area contributed by atoms with Crippen molar-refractivity contribution in [1.82, 2.24) is 14.8 Å². The highest BCUT2D eigenvalue weighted by molar-refractivity contribution is 6.08. The topological polar surface area (TPSA) is 53.5 Å². The van der Waals surface area contributed by atoms with Crippen LogP contribution in [0.1, 0.15) is 34.5 Å². The predicted molar refractivity (Wildman–Crippen MR) is 94.0 cm³/mol. The third-order valence-corrected chi connectivity index (χ3v) is 4.64. The van der Waals surface area contributed by atoms with E-state index >= 15 is 0 Å². The van der Waals surface area contributed by atoms with Gasteiger partial charge in [0.2, 0.25) is 5.91 Å². The van der Waals surface area contributed by atoms with Gasteiger partial charge in [-0.1, -0.05) is 18.2 Å². The molecule has 24 heavy (non-hydrogen) atoms. The van der Waals surface area contributed by atoms with E-state index in [1.165, 1.54) is 0 Å². The third-order valence-electron chi connectivity index (χ3n) is 4.64. The monoisotopic (exact) mass is 325 g/mol. The Morgan fingerprint density at radius 2 is 2.00 bits per heavy atom. The maximum atomic E-state index is 13.2. The number of fused-ring (bicyclic) bond motifs is 1. The molecule has 2 amide bonds. The molecule has 5 nitrogen and oxygen atoms in total. The first-order chi connectivity index (χ1) is 11.4. The largest absolute Gasteiger partial charge is 0.347 e. The second-order valence-corrected chi connectivity index (χ2v) is 6.67. The zero-order valence-electron chi connectivity index (χ0n) is 14.7. The number of amides is 2. The van der Waals surface area contributed by atoms with E-state index in [9.17, 15) is 9.59 Å². The quantitative estimate of drug-likeness (QED) is 0.852. The number of carbonyl (C=O) groups is 2. The maximum absolute atomic E-state index is 13.2. The van der Waals surface area contributed by atoms with Crippen LogP contribution in [0.2, 0.25) is 0 Å². The fourth-order valence-electron chi connectivity index (χ4n) is 3.42. The van der Waals surface area contributed by atoms with Crippen LogP contribution in [0.4, 0.5) is 0 Å². The van der Waals surface area contributed by atoms with Crippen LogP contribution in [0.15, 0.2) is 24.3 Å². The van der Waals surface area contributed by atoms with Gasteiger partial charge in [-0.05, 0) is 38.3 Å². The number of carbonyl (C=O) groups excluding carboxylic acids is 2. The molecule has 1 aliphatic heterocycles. The van der Waals surface area contributed by atoms with Gasteiger partial charge in [-0.2, -0.15) is 0 Å². The molecule has 0 saturated carbocycles. The van der Waals surface area contributed by atoms with E-state index in [0.717, 1.165) is 35.0 Å². The van der Waals surface area contributed by atoms with Crippen molar-refractivity contribution in [2.45, 2.75) is 32.7 Å². The average Bonchev–Trinajstić information content (AvgIpc) is 3.03. The molecule has 0 unspecified atom stereocenters. The lowest BCUT2D eigenvalue weighted by atomic mass is 10.0. The van der Waals surface area contributed by atoms with Crippen LogP contribution in [-0.2, 0) is 4.79 Å². The van der Waals surface area contributed by atoms with E-state index in [4.69, 9.17) is 0 Å². The van der Waals surface area contributed by atoms with Crippen LogP contribution in [0.3, 0.4) is 0 Å². The lowest BCUT2D eigenvalue weighted by Crippen LogP contribution is -2.45. The van der Waals surface area contributed by atoms with Crippen molar-refractivity contribution >= 4 is 22.7 Å². The third kappa shape index (κ3) is 2.75. The molecule has 0 spiro atoms. The van der Waals surface area contributed by atoms with Crippen molar-refractivity contribution in [1.29, 1.82) is 0 Å².